The Bertz CT molecular complexity index is 1510. The Balaban J connectivity index is 1.75. The van der Waals surface area contributed by atoms with Crippen molar-refractivity contribution < 1.29 is 4.74 Å². The lowest BCUT2D eigenvalue weighted by atomic mass is 10.2. The molecule has 35 heavy (non-hydrogen) atoms. The third-order valence-electron chi connectivity index (χ3n) is 5.09. The smallest absolute Gasteiger partial charge is 0.282 e. The van der Waals surface area contributed by atoms with E-state index in [-0.39, 0.29) is 12.2 Å². The minimum atomic E-state index is -0.257. The van der Waals surface area contributed by atoms with Crippen LogP contribution in [0, 0.1) is 0 Å². The van der Waals surface area contributed by atoms with Crippen molar-refractivity contribution in [2.24, 2.45) is 5.10 Å². The molecule has 10 heteroatoms. The summed E-state index contributed by atoms with van der Waals surface area (Å²) in [4.78, 5) is 18.0. The monoisotopic (exact) mass is 655 g/mol. The molecule has 0 fully saturated rings. The number of fused-ring (bicyclic) bond motifs is 1. The summed E-state index contributed by atoms with van der Waals surface area (Å²) in [5.41, 5.74) is 1.72. The number of benzene rings is 3. The first-order valence-electron chi connectivity index (χ1n) is 10.6. The van der Waals surface area contributed by atoms with Gasteiger partial charge in [0.05, 0.1) is 21.6 Å². The van der Waals surface area contributed by atoms with Crippen molar-refractivity contribution in [3.63, 3.8) is 0 Å². The molecule has 0 aliphatic carbocycles. The average Bonchev–Trinajstić information content (AvgIpc) is 2.80. The Morgan fingerprint density at radius 3 is 2.60 bits per heavy atom. The largest absolute Gasteiger partial charge is 0.487 e. The fourth-order valence-corrected chi connectivity index (χ4v) is 5.21. The zero-order chi connectivity index (χ0) is 25.1. The number of hydrogen-bond donors (Lipinski definition) is 0. The zero-order valence-electron chi connectivity index (χ0n) is 18.4. The van der Waals surface area contributed by atoms with Gasteiger partial charge in [-0.2, -0.15) is 9.78 Å². The highest BCUT2D eigenvalue weighted by Gasteiger charge is 2.14. The predicted molar refractivity (Wildman–Crippen MR) is 151 cm³/mol. The lowest BCUT2D eigenvalue weighted by molar-refractivity contribution is 0.304. The second-order valence-electron chi connectivity index (χ2n) is 7.63. The molecule has 180 valence electrons. The van der Waals surface area contributed by atoms with Crippen LogP contribution in [0.3, 0.4) is 0 Å². The summed E-state index contributed by atoms with van der Waals surface area (Å²) in [6, 6.07) is 14.1. The highest BCUT2D eigenvalue weighted by molar-refractivity contribution is 9.10. The van der Waals surface area contributed by atoms with Gasteiger partial charge in [0.15, 0.2) is 0 Å². The summed E-state index contributed by atoms with van der Waals surface area (Å²) < 4.78 is 8.83. The van der Waals surface area contributed by atoms with Crippen molar-refractivity contribution in [2.75, 3.05) is 0 Å². The van der Waals surface area contributed by atoms with Gasteiger partial charge in [0.1, 0.15) is 18.2 Å². The first-order valence-corrected chi connectivity index (χ1v) is 13.3. The second kappa shape index (κ2) is 11.4. The molecule has 5 nitrogen and oxygen atoms in total. The normalized spacial score (nSPS) is 11.5. The topological polar surface area (TPSA) is 56.5 Å². The number of nitrogens with zero attached hydrogens (tertiary/aromatic N) is 3. The molecule has 1 heterocycles. The van der Waals surface area contributed by atoms with Gasteiger partial charge in [-0.3, -0.25) is 4.79 Å². The number of rotatable bonds is 7. The van der Waals surface area contributed by atoms with E-state index < -0.39 is 0 Å². The fourth-order valence-electron chi connectivity index (χ4n) is 3.44. The van der Waals surface area contributed by atoms with Crippen LogP contribution in [-0.2, 0) is 13.0 Å². The van der Waals surface area contributed by atoms with Gasteiger partial charge < -0.3 is 4.74 Å². The van der Waals surface area contributed by atoms with Crippen molar-refractivity contribution in [1.29, 1.82) is 0 Å². The van der Waals surface area contributed by atoms with Gasteiger partial charge in [-0.05, 0) is 64.8 Å². The first-order chi connectivity index (χ1) is 16.8. The van der Waals surface area contributed by atoms with Crippen LogP contribution in [-0.4, -0.2) is 15.9 Å². The molecule has 0 saturated heterocycles. The number of aryl methyl sites for hydroxylation is 1. The molecule has 4 aromatic rings. The van der Waals surface area contributed by atoms with Crippen molar-refractivity contribution in [2.45, 2.75) is 26.4 Å². The van der Waals surface area contributed by atoms with Crippen LogP contribution in [0.25, 0.3) is 10.9 Å². The van der Waals surface area contributed by atoms with Gasteiger partial charge in [0, 0.05) is 37.1 Å². The van der Waals surface area contributed by atoms with E-state index in [1.807, 2.05) is 19.1 Å². The SMILES string of the molecule is CCCc1nc2ccc(Br)cc2c(=O)n1N=Cc1cc(Cl)cc(Br)c1OCc1ccc(Cl)cc1Cl. The lowest BCUT2D eigenvalue weighted by Crippen LogP contribution is -2.22. The molecule has 4 rings (SSSR count). The molecular formula is C25H18Br2Cl3N3O2. The van der Waals surface area contributed by atoms with E-state index >= 15 is 0 Å². The van der Waals surface area contributed by atoms with Crippen LogP contribution >= 0.6 is 66.7 Å². The molecule has 0 aliphatic heterocycles. The third kappa shape index (κ3) is 6.09. The standard InChI is InChI=1S/C25H18Br2Cl3N3O2/c1-2-3-23-32-22-7-5-16(26)9-19(22)25(34)33(23)31-12-15-8-18(29)10-20(27)24(15)35-13-14-4-6-17(28)11-21(14)30/h4-12H,2-3,13H2,1H3. The van der Waals surface area contributed by atoms with Crippen LogP contribution in [0.15, 0.2) is 67.4 Å². The minimum Gasteiger partial charge on any atom is -0.487 e. The summed E-state index contributed by atoms with van der Waals surface area (Å²) in [6.45, 7) is 2.22. The maximum absolute atomic E-state index is 13.3. The van der Waals surface area contributed by atoms with Gasteiger partial charge in [0.2, 0.25) is 0 Å². The maximum atomic E-state index is 13.3. The first kappa shape index (κ1) is 26.2. The van der Waals surface area contributed by atoms with Crippen LogP contribution in [0.1, 0.15) is 30.3 Å². The van der Waals surface area contributed by atoms with Crippen LogP contribution in [0.5, 0.6) is 5.75 Å². The molecule has 0 radical (unpaired) electrons. The van der Waals surface area contributed by atoms with E-state index in [2.05, 4.69) is 41.9 Å². The van der Waals surface area contributed by atoms with E-state index in [0.29, 0.717) is 54.0 Å². The summed E-state index contributed by atoms with van der Waals surface area (Å²) in [6.07, 6.45) is 2.95. The summed E-state index contributed by atoms with van der Waals surface area (Å²) >= 11 is 25.5. The van der Waals surface area contributed by atoms with Gasteiger partial charge in [-0.15, -0.1) is 0 Å². The van der Waals surface area contributed by atoms with Gasteiger partial charge in [0.25, 0.3) is 5.56 Å². The number of halogens is 5. The molecule has 0 saturated carbocycles. The number of hydrogen-bond acceptors (Lipinski definition) is 4. The Kier molecular flexibility index (Phi) is 8.55. The molecule has 0 N–H and O–H groups in total. The number of aromatic nitrogens is 2. The summed E-state index contributed by atoms with van der Waals surface area (Å²) in [5, 5.41) is 6.50. The van der Waals surface area contributed by atoms with Gasteiger partial charge >= 0.3 is 0 Å². The Morgan fingerprint density at radius 1 is 1.06 bits per heavy atom. The van der Waals surface area contributed by atoms with Crippen LogP contribution in [0.4, 0.5) is 0 Å². The molecule has 0 atom stereocenters. The molecule has 0 aliphatic rings. The third-order valence-corrected chi connectivity index (χ3v) is 6.97. The quantitative estimate of drug-likeness (QED) is 0.188. The van der Waals surface area contributed by atoms with E-state index in [4.69, 9.17) is 39.5 Å². The Morgan fingerprint density at radius 2 is 1.86 bits per heavy atom. The molecular weight excluding hydrogens is 640 g/mol. The summed E-state index contributed by atoms with van der Waals surface area (Å²) in [5.74, 6) is 1.07. The Hall–Kier alpha value is -1.90. The average molecular weight is 659 g/mol. The van der Waals surface area contributed by atoms with E-state index in [0.717, 1.165) is 16.5 Å². The highest BCUT2D eigenvalue weighted by Crippen LogP contribution is 2.33. The van der Waals surface area contributed by atoms with E-state index in [1.165, 1.54) is 4.68 Å². The van der Waals surface area contributed by atoms with Crippen molar-refractivity contribution in [3.8, 4) is 5.75 Å². The second-order valence-corrected chi connectivity index (χ2v) is 10.7. The highest BCUT2D eigenvalue weighted by atomic mass is 79.9. The van der Waals surface area contributed by atoms with Crippen LogP contribution < -0.4 is 10.3 Å². The molecule has 0 spiro atoms. The molecule has 0 amide bonds. The minimum absolute atomic E-state index is 0.198. The van der Waals surface area contributed by atoms with Crippen molar-refractivity contribution in [3.05, 3.63) is 99.8 Å². The van der Waals surface area contributed by atoms with E-state index in [9.17, 15) is 4.79 Å². The van der Waals surface area contributed by atoms with Gasteiger partial charge in [-0.25, -0.2) is 4.98 Å². The number of ether oxygens (including phenoxy) is 1. The van der Waals surface area contributed by atoms with Crippen molar-refractivity contribution in [1.82, 2.24) is 9.66 Å². The van der Waals surface area contributed by atoms with E-state index in [1.54, 1.807) is 42.6 Å². The van der Waals surface area contributed by atoms with Crippen LogP contribution in [0.2, 0.25) is 15.1 Å². The molecule has 0 unspecified atom stereocenters. The molecule has 3 aromatic carbocycles. The lowest BCUT2D eigenvalue weighted by Gasteiger charge is -2.13. The Labute approximate surface area is 233 Å². The fraction of sp³-hybridized carbons (Fsp3) is 0.160. The predicted octanol–water partition coefficient (Wildman–Crippen LogP) is 8.30. The molecule has 1 aromatic heterocycles. The van der Waals surface area contributed by atoms with Gasteiger partial charge in [-0.1, -0.05) is 63.7 Å². The zero-order valence-corrected chi connectivity index (χ0v) is 23.8. The molecule has 0 bridgehead atoms. The van der Waals surface area contributed by atoms with Crippen molar-refractivity contribution >= 4 is 83.8 Å². The maximum Gasteiger partial charge on any atom is 0.282 e. The summed E-state index contributed by atoms with van der Waals surface area (Å²) in [7, 11) is 0.